The van der Waals surface area contributed by atoms with E-state index in [0.29, 0.717) is 36.4 Å². The molecule has 1 aromatic heterocycles. The predicted molar refractivity (Wildman–Crippen MR) is 79.4 cm³/mol. The highest BCUT2D eigenvalue weighted by atomic mass is 19.4. The summed E-state index contributed by atoms with van der Waals surface area (Å²) in [4.78, 5) is 12.5. The molecule has 1 aromatic carbocycles. The van der Waals surface area contributed by atoms with Crippen molar-refractivity contribution in [3.05, 3.63) is 29.0 Å². The average Bonchev–Trinajstić information content (AvgIpc) is 2.69. The Balaban J connectivity index is 1.97. The second kappa shape index (κ2) is 5.06. The maximum Gasteiger partial charge on any atom is 0.417 e. The first-order valence-corrected chi connectivity index (χ1v) is 7.72. The van der Waals surface area contributed by atoms with Gasteiger partial charge in [-0.3, -0.25) is 0 Å². The molecule has 0 saturated carbocycles. The quantitative estimate of drug-likeness (QED) is 0.802. The summed E-state index contributed by atoms with van der Waals surface area (Å²) in [5.74, 6) is 0.465. The van der Waals surface area contributed by atoms with E-state index in [-0.39, 0.29) is 24.9 Å². The van der Waals surface area contributed by atoms with Gasteiger partial charge in [0.15, 0.2) is 0 Å². The minimum Gasteiger partial charge on any atom is -0.490 e. The molecular formula is C16H15F3N2O3. The Bertz CT molecular complexity index is 841. The minimum atomic E-state index is -4.46. The molecule has 8 heteroatoms. The summed E-state index contributed by atoms with van der Waals surface area (Å²) >= 11 is 0. The fourth-order valence-corrected chi connectivity index (χ4v) is 3.78. The van der Waals surface area contributed by atoms with E-state index in [1.807, 2.05) is 4.57 Å². The highest BCUT2D eigenvalue weighted by Crippen LogP contribution is 2.44. The van der Waals surface area contributed by atoms with Gasteiger partial charge in [0, 0.05) is 30.6 Å². The Labute approximate surface area is 135 Å². The van der Waals surface area contributed by atoms with Crippen molar-refractivity contribution in [2.24, 2.45) is 0 Å². The lowest BCUT2D eigenvalue weighted by Gasteiger charge is -2.21. The lowest BCUT2D eigenvalue weighted by atomic mass is 10.0. The van der Waals surface area contributed by atoms with Crippen molar-refractivity contribution in [3.8, 4) is 5.75 Å². The molecule has 1 N–H and O–H groups in total. The van der Waals surface area contributed by atoms with Gasteiger partial charge in [-0.05, 0) is 24.1 Å². The first-order valence-electron chi connectivity index (χ1n) is 7.72. The van der Waals surface area contributed by atoms with Crippen molar-refractivity contribution in [3.63, 3.8) is 0 Å². The largest absolute Gasteiger partial charge is 0.490 e. The molecule has 0 bridgehead atoms. The van der Waals surface area contributed by atoms with Gasteiger partial charge >= 0.3 is 12.3 Å². The Morgan fingerprint density at radius 2 is 1.92 bits per heavy atom. The van der Waals surface area contributed by atoms with Gasteiger partial charge in [-0.15, -0.1) is 0 Å². The van der Waals surface area contributed by atoms with Crippen molar-refractivity contribution >= 4 is 17.0 Å². The van der Waals surface area contributed by atoms with Crippen LogP contribution in [0, 0.1) is 0 Å². The van der Waals surface area contributed by atoms with Crippen LogP contribution in [0.4, 0.5) is 18.0 Å². The number of fused-ring (bicyclic) bond motifs is 3. The fraction of sp³-hybridized carbons (Fsp3) is 0.438. The van der Waals surface area contributed by atoms with E-state index in [1.54, 1.807) is 0 Å². The predicted octanol–water partition coefficient (Wildman–Crippen LogP) is 3.13. The standard InChI is InChI=1S/C16H15F3N2O3/c17-16(18,19)10-1-2-12-14-13(10)9-3-5-20(15(22)23)6-4-11(9)21(14)7-8-24-12/h1-2H,3-8H2,(H,22,23). The number of nitrogens with zero attached hydrogens (tertiary/aromatic N) is 2. The topological polar surface area (TPSA) is 54.7 Å². The van der Waals surface area contributed by atoms with Crippen LogP contribution >= 0.6 is 0 Å². The van der Waals surface area contributed by atoms with Gasteiger partial charge in [-0.2, -0.15) is 13.2 Å². The number of carboxylic acid groups (broad SMARTS) is 1. The summed E-state index contributed by atoms with van der Waals surface area (Å²) in [6.07, 6.45) is -4.82. The van der Waals surface area contributed by atoms with Crippen LogP contribution in [-0.4, -0.2) is 40.4 Å². The van der Waals surface area contributed by atoms with Crippen LogP contribution in [0.1, 0.15) is 16.8 Å². The summed E-state index contributed by atoms with van der Waals surface area (Å²) in [6, 6.07) is 2.44. The van der Waals surface area contributed by atoms with Gasteiger partial charge in [0.25, 0.3) is 0 Å². The first-order chi connectivity index (χ1) is 11.4. The second-order valence-corrected chi connectivity index (χ2v) is 6.03. The lowest BCUT2D eigenvalue weighted by molar-refractivity contribution is -0.136. The number of carbonyl (C=O) groups is 1. The van der Waals surface area contributed by atoms with E-state index in [4.69, 9.17) is 4.74 Å². The maximum atomic E-state index is 13.5. The van der Waals surface area contributed by atoms with Crippen LogP contribution in [0.3, 0.4) is 0 Å². The highest BCUT2D eigenvalue weighted by Gasteiger charge is 2.37. The molecule has 4 rings (SSSR count). The maximum absolute atomic E-state index is 13.5. The molecule has 128 valence electrons. The molecule has 1 amide bonds. The van der Waals surface area contributed by atoms with E-state index in [0.717, 1.165) is 11.8 Å². The fourth-order valence-electron chi connectivity index (χ4n) is 3.78. The van der Waals surface area contributed by atoms with Gasteiger partial charge < -0.3 is 19.3 Å². The number of benzene rings is 1. The number of aromatic nitrogens is 1. The first kappa shape index (κ1) is 15.2. The van der Waals surface area contributed by atoms with Crippen molar-refractivity contribution in [2.75, 3.05) is 19.7 Å². The Morgan fingerprint density at radius 3 is 2.62 bits per heavy atom. The smallest absolute Gasteiger partial charge is 0.417 e. The Hall–Kier alpha value is -2.38. The van der Waals surface area contributed by atoms with E-state index in [9.17, 15) is 23.1 Å². The monoisotopic (exact) mass is 340 g/mol. The summed E-state index contributed by atoms with van der Waals surface area (Å²) in [5, 5.41) is 9.35. The van der Waals surface area contributed by atoms with Gasteiger partial charge in [-0.1, -0.05) is 0 Å². The molecule has 2 aromatic rings. The van der Waals surface area contributed by atoms with E-state index in [2.05, 4.69) is 0 Å². The number of ether oxygens (including phenoxy) is 1. The van der Waals surface area contributed by atoms with Crippen LogP contribution < -0.4 is 4.74 Å². The number of amides is 1. The SMILES string of the molecule is O=C(O)N1CCc2c(n3c4c(ccc(C(F)(F)F)c24)OCC3)CC1. The van der Waals surface area contributed by atoms with E-state index in [1.165, 1.54) is 11.0 Å². The zero-order valence-corrected chi connectivity index (χ0v) is 12.7. The summed E-state index contributed by atoms with van der Waals surface area (Å²) < 4.78 is 47.9. The van der Waals surface area contributed by atoms with Crippen LogP contribution in [0.15, 0.2) is 12.1 Å². The van der Waals surface area contributed by atoms with Gasteiger partial charge in [-0.25, -0.2) is 4.79 Å². The number of halogens is 3. The number of hydrogen-bond acceptors (Lipinski definition) is 2. The molecule has 3 heterocycles. The van der Waals surface area contributed by atoms with Gasteiger partial charge in [0.05, 0.1) is 17.6 Å². The van der Waals surface area contributed by atoms with Crippen LogP contribution in [0.2, 0.25) is 0 Å². The van der Waals surface area contributed by atoms with Gasteiger partial charge in [0.2, 0.25) is 0 Å². The van der Waals surface area contributed by atoms with Crippen LogP contribution in [0.5, 0.6) is 5.75 Å². The molecule has 0 spiro atoms. The molecule has 0 unspecified atom stereocenters. The normalized spacial score (nSPS) is 17.4. The van der Waals surface area contributed by atoms with Crippen molar-refractivity contribution in [2.45, 2.75) is 25.6 Å². The summed E-state index contributed by atoms with van der Waals surface area (Å²) in [6.45, 7) is 1.37. The van der Waals surface area contributed by atoms with Crippen molar-refractivity contribution < 1.29 is 27.8 Å². The molecule has 0 aliphatic carbocycles. The number of rotatable bonds is 0. The third-order valence-electron chi connectivity index (χ3n) is 4.79. The lowest BCUT2D eigenvalue weighted by Crippen LogP contribution is -2.32. The molecule has 5 nitrogen and oxygen atoms in total. The summed E-state index contributed by atoms with van der Waals surface area (Å²) in [5.41, 5.74) is 1.22. The van der Waals surface area contributed by atoms with Crippen molar-refractivity contribution in [1.29, 1.82) is 0 Å². The third kappa shape index (κ3) is 2.12. The minimum absolute atomic E-state index is 0.168. The van der Waals surface area contributed by atoms with Gasteiger partial charge in [0.1, 0.15) is 12.4 Å². The molecule has 0 fully saturated rings. The van der Waals surface area contributed by atoms with Crippen LogP contribution in [0.25, 0.3) is 10.9 Å². The zero-order chi connectivity index (χ0) is 17.1. The molecule has 0 saturated heterocycles. The third-order valence-corrected chi connectivity index (χ3v) is 4.79. The average molecular weight is 340 g/mol. The molecule has 0 atom stereocenters. The highest BCUT2D eigenvalue weighted by molar-refractivity contribution is 5.94. The van der Waals surface area contributed by atoms with Crippen LogP contribution in [-0.2, 0) is 25.6 Å². The molecule has 2 aliphatic rings. The molecule has 2 aliphatic heterocycles. The Kier molecular flexibility index (Phi) is 3.20. The molecular weight excluding hydrogens is 325 g/mol. The van der Waals surface area contributed by atoms with Crippen molar-refractivity contribution in [1.82, 2.24) is 9.47 Å². The number of hydrogen-bond donors (Lipinski definition) is 1. The van der Waals surface area contributed by atoms with E-state index < -0.39 is 17.8 Å². The van der Waals surface area contributed by atoms with E-state index >= 15 is 0 Å². The zero-order valence-electron chi connectivity index (χ0n) is 12.7. The molecule has 0 radical (unpaired) electrons. The number of alkyl halides is 3. The summed E-state index contributed by atoms with van der Waals surface area (Å²) in [7, 11) is 0. The molecule has 24 heavy (non-hydrogen) atoms. The Morgan fingerprint density at radius 1 is 1.17 bits per heavy atom. The second-order valence-electron chi connectivity index (χ2n) is 6.03.